The maximum atomic E-state index is 13.4. The molecule has 2 aliphatic heterocycles. The summed E-state index contributed by atoms with van der Waals surface area (Å²) in [5.74, 6) is 0.237. The molecule has 2 aromatic heterocycles. The first-order valence-corrected chi connectivity index (χ1v) is 10.3. The van der Waals surface area contributed by atoms with Crippen LogP contribution in [0.15, 0.2) is 36.9 Å². The van der Waals surface area contributed by atoms with Crippen LogP contribution in [0.1, 0.15) is 35.4 Å². The van der Waals surface area contributed by atoms with Gasteiger partial charge in [-0.3, -0.25) is 19.4 Å². The molecule has 0 radical (unpaired) electrons. The number of piperidine rings is 2. The van der Waals surface area contributed by atoms with Gasteiger partial charge in [0, 0.05) is 44.4 Å². The van der Waals surface area contributed by atoms with Crippen LogP contribution in [0.3, 0.4) is 0 Å². The van der Waals surface area contributed by atoms with Gasteiger partial charge in [-0.05, 0) is 44.5 Å². The molecule has 0 saturated carbocycles. The number of likely N-dealkylation sites (tertiary alicyclic amines) is 2. The molecule has 0 spiro atoms. The first-order chi connectivity index (χ1) is 15.0. The normalized spacial score (nSPS) is 23.1. The molecule has 166 valence electrons. The lowest BCUT2D eigenvalue weighted by Crippen LogP contribution is -2.66. The maximum Gasteiger partial charge on any atom is 0.290 e. The van der Waals surface area contributed by atoms with Crippen LogP contribution in [0.2, 0.25) is 0 Å². The summed E-state index contributed by atoms with van der Waals surface area (Å²) in [6.45, 7) is 2.38. The van der Waals surface area contributed by atoms with Crippen LogP contribution < -0.4 is 5.32 Å². The number of fused-ring (bicyclic) bond motifs is 1. The van der Waals surface area contributed by atoms with Crippen LogP contribution in [0.25, 0.3) is 0 Å². The molecule has 3 N–H and O–H groups in total. The molecular weight excluding hydrogens is 400 g/mol. The van der Waals surface area contributed by atoms with E-state index in [1.165, 1.54) is 0 Å². The topological polar surface area (TPSA) is 132 Å². The molecule has 10 heteroatoms. The number of hydrogen-bond acceptors (Lipinski definition) is 6. The number of imidazole rings is 1. The lowest BCUT2D eigenvalue weighted by Gasteiger charge is -2.53. The average molecular weight is 428 g/mol. The predicted molar refractivity (Wildman–Crippen MR) is 112 cm³/mol. The number of likely N-dealkylation sites (N-methyl/N-ethyl adjacent to an activating group) is 1. The first kappa shape index (κ1) is 22.4. The molecule has 4 heterocycles. The predicted octanol–water partition coefficient (Wildman–Crippen LogP) is 0.748. The lowest BCUT2D eigenvalue weighted by molar-refractivity contribution is -0.142. The summed E-state index contributed by atoms with van der Waals surface area (Å²) < 4.78 is 0. The summed E-state index contributed by atoms with van der Waals surface area (Å²) >= 11 is 0. The summed E-state index contributed by atoms with van der Waals surface area (Å²) in [6.07, 6.45) is 9.07. The maximum absolute atomic E-state index is 13.4. The Hall–Kier alpha value is -3.27. The largest absolute Gasteiger partial charge is 0.483 e. The van der Waals surface area contributed by atoms with E-state index < -0.39 is 5.41 Å². The van der Waals surface area contributed by atoms with Gasteiger partial charge in [-0.25, -0.2) is 4.98 Å². The zero-order valence-electron chi connectivity index (χ0n) is 17.5. The van der Waals surface area contributed by atoms with E-state index in [4.69, 9.17) is 9.90 Å². The van der Waals surface area contributed by atoms with Crippen LogP contribution in [0.4, 0.5) is 0 Å². The molecule has 4 rings (SSSR count). The van der Waals surface area contributed by atoms with Crippen molar-refractivity contribution in [2.24, 2.45) is 5.41 Å². The zero-order chi connectivity index (χ0) is 22.3. The Morgan fingerprint density at radius 2 is 2.16 bits per heavy atom. The quantitative estimate of drug-likeness (QED) is 0.612. The molecule has 2 aliphatic rings. The van der Waals surface area contributed by atoms with Crippen molar-refractivity contribution in [2.75, 3.05) is 26.7 Å². The smallest absolute Gasteiger partial charge is 0.290 e. The molecule has 2 aromatic rings. The molecule has 0 aliphatic carbocycles. The number of aromatic amines is 1. The third-order valence-electron chi connectivity index (χ3n) is 6.05. The molecule has 31 heavy (non-hydrogen) atoms. The van der Waals surface area contributed by atoms with E-state index in [-0.39, 0.29) is 24.3 Å². The monoisotopic (exact) mass is 428 g/mol. The van der Waals surface area contributed by atoms with Gasteiger partial charge in [0.2, 0.25) is 5.91 Å². The minimum Gasteiger partial charge on any atom is -0.483 e. The number of carbonyl (C=O) groups excluding carboxylic acids is 2. The number of hydrogen-bond donors (Lipinski definition) is 3. The van der Waals surface area contributed by atoms with Gasteiger partial charge < -0.3 is 25.2 Å². The Labute approximate surface area is 180 Å². The van der Waals surface area contributed by atoms with E-state index >= 15 is 0 Å². The number of nitrogens with zero attached hydrogens (tertiary/aromatic N) is 4. The van der Waals surface area contributed by atoms with Crippen molar-refractivity contribution in [1.82, 2.24) is 30.1 Å². The fourth-order valence-corrected chi connectivity index (χ4v) is 4.53. The molecule has 2 saturated heterocycles. The van der Waals surface area contributed by atoms with E-state index in [1.54, 1.807) is 24.8 Å². The third kappa shape index (κ3) is 4.91. The Balaban J connectivity index is 0.000000858. The van der Waals surface area contributed by atoms with Crippen LogP contribution >= 0.6 is 0 Å². The number of carboxylic acid groups (broad SMARTS) is 1. The minimum absolute atomic E-state index is 0.0337. The van der Waals surface area contributed by atoms with Gasteiger partial charge in [-0.2, -0.15) is 0 Å². The highest BCUT2D eigenvalue weighted by molar-refractivity contribution is 5.92. The molecule has 2 atom stereocenters. The van der Waals surface area contributed by atoms with Crippen LogP contribution in [-0.4, -0.2) is 80.9 Å². The average Bonchev–Trinajstić information content (AvgIpc) is 3.33. The number of nitrogens with one attached hydrogen (secondary N) is 2. The Morgan fingerprint density at radius 3 is 2.84 bits per heavy atom. The second-order valence-corrected chi connectivity index (χ2v) is 7.87. The summed E-state index contributed by atoms with van der Waals surface area (Å²) in [7, 11) is 2.04. The second-order valence-electron chi connectivity index (χ2n) is 7.87. The molecule has 2 amide bonds. The molecule has 0 unspecified atom stereocenters. The van der Waals surface area contributed by atoms with Gasteiger partial charge in [0.05, 0.1) is 11.5 Å². The molecule has 10 nitrogen and oxygen atoms in total. The fraction of sp³-hybridized carbons (Fsp3) is 0.476. The first-order valence-electron chi connectivity index (χ1n) is 10.3. The van der Waals surface area contributed by atoms with Gasteiger partial charge in [0.15, 0.2) is 5.82 Å². The summed E-state index contributed by atoms with van der Waals surface area (Å²) in [6, 6.07) is 3.65. The highest BCUT2D eigenvalue weighted by atomic mass is 16.3. The van der Waals surface area contributed by atoms with E-state index in [2.05, 4.69) is 25.2 Å². The number of aromatic nitrogens is 3. The minimum atomic E-state index is -0.560. The van der Waals surface area contributed by atoms with Crippen molar-refractivity contribution < 1.29 is 19.5 Å². The van der Waals surface area contributed by atoms with E-state index in [1.807, 2.05) is 24.1 Å². The van der Waals surface area contributed by atoms with Gasteiger partial charge in [-0.15, -0.1) is 0 Å². The fourth-order valence-electron chi connectivity index (χ4n) is 4.53. The van der Waals surface area contributed by atoms with Crippen LogP contribution in [0, 0.1) is 5.41 Å². The molecule has 0 bridgehead atoms. The lowest BCUT2D eigenvalue weighted by atomic mass is 9.67. The Kier molecular flexibility index (Phi) is 7.35. The van der Waals surface area contributed by atoms with Crippen molar-refractivity contribution >= 4 is 18.3 Å². The van der Waals surface area contributed by atoms with Crippen LogP contribution in [-0.2, 0) is 16.1 Å². The van der Waals surface area contributed by atoms with Crippen molar-refractivity contribution in [3.63, 3.8) is 0 Å². The Bertz CT molecular complexity index is 875. The Morgan fingerprint density at radius 1 is 1.35 bits per heavy atom. The third-order valence-corrected chi connectivity index (χ3v) is 6.05. The summed E-state index contributed by atoms with van der Waals surface area (Å²) in [4.78, 5) is 50.0. The number of rotatable bonds is 4. The van der Waals surface area contributed by atoms with Gasteiger partial charge in [0.25, 0.3) is 12.4 Å². The standard InChI is InChI=1S/C20H26N6O2.CH2O2/c1-25-11-6-20(19(28)24-13-15-4-2-7-21-12-15)5-3-10-26(16(20)14-25)18(27)17-22-8-9-23-17;2-1-3/h2,4,7-9,12,16H,3,5-6,10-11,13-14H2,1H3,(H,22,23)(H,24,28);1H,(H,2,3)/t16-,20+;/m0./s1. The molecular formula is C21H28N6O4. The number of pyridine rings is 1. The summed E-state index contributed by atoms with van der Waals surface area (Å²) in [5.41, 5.74) is 0.408. The van der Waals surface area contributed by atoms with Crippen molar-refractivity contribution in [3.05, 3.63) is 48.3 Å². The molecule has 2 fully saturated rings. The zero-order valence-corrected chi connectivity index (χ0v) is 17.5. The van der Waals surface area contributed by atoms with E-state index in [0.29, 0.717) is 25.5 Å². The van der Waals surface area contributed by atoms with Gasteiger partial charge >= 0.3 is 0 Å². The second kappa shape index (κ2) is 10.2. The van der Waals surface area contributed by atoms with Gasteiger partial charge in [0.1, 0.15) is 0 Å². The summed E-state index contributed by atoms with van der Waals surface area (Å²) in [5, 5.41) is 10.00. The van der Waals surface area contributed by atoms with E-state index in [9.17, 15) is 9.59 Å². The SMILES string of the molecule is CN1CC[C@]2(C(=O)NCc3cccnc3)CCCN(C(=O)c3ncc[nH]3)[C@H]2C1.O=CO. The van der Waals surface area contributed by atoms with Crippen molar-refractivity contribution in [2.45, 2.75) is 31.8 Å². The molecule has 0 aromatic carbocycles. The van der Waals surface area contributed by atoms with Crippen molar-refractivity contribution in [1.29, 1.82) is 0 Å². The highest BCUT2D eigenvalue weighted by Gasteiger charge is 2.53. The highest BCUT2D eigenvalue weighted by Crippen LogP contribution is 2.43. The van der Waals surface area contributed by atoms with Gasteiger partial charge in [-0.1, -0.05) is 6.07 Å². The number of carbonyl (C=O) groups is 3. The van der Waals surface area contributed by atoms with Crippen LogP contribution in [0.5, 0.6) is 0 Å². The van der Waals surface area contributed by atoms with Crippen molar-refractivity contribution in [3.8, 4) is 0 Å². The number of amides is 2. The van der Waals surface area contributed by atoms with E-state index in [0.717, 1.165) is 31.4 Å². The number of H-pyrrole nitrogens is 1.